The van der Waals surface area contributed by atoms with E-state index in [1.165, 1.54) is 0 Å². The highest BCUT2D eigenvalue weighted by Crippen LogP contribution is 2.34. The second-order valence-corrected chi connectivity index (χ2v) is 6.94. The van der Waals surface area contributed by atoms with Gasteiger partial charge >= 0.3 is 6.03 Å². The molecule has 4 rings (SSSR count). The van der Waals surface area contributed by atoms with Gasteiger partial charge in [-0.2, -0.15) is 5.01 Å². The van der Waals surface area contributed by atoms with Crippen LogP contribution in [0.25, 0.3) is 0 Å². The molecule has 3 aliphatic rings. The number of carbonyl (C=O) groups is 3. The molecular formula is C18H21N3O5. The number of urea groups is 1. The molecular weight excluding hydrogens is 338 g/mol. The van der Waals surface area contributed by atoms with Crippen molar-refractivity contribution in [2.75, 3.05) is 6.79 Å². The minimum Gasteiger partial charge on any atom is -0.454 e. The zero-order valence-electron chi connectivity index (χ0n) is 14.4. The summed E-state index contributed by atoms with van der Waals surface area (Å²) in [6, 6.07) is 4.96. The van der Waals surface area contributed by atoms with Crippen molar-refractivity contribution in [3.05, 3.63) is 23.8 Å². The Bertz CT molecular complexity index is 757. The van der Waals surface area contributed by atoms with Gasteiger partial charge in [-0.1, -0.05) is 25.3 Å². The molecule has 4 amide bonds. The number of fused-ring (bicyclic) bond motifs is 1. The van der Waals surface area contributed by atoms with Crippen LogP contribution in [-0.4, -0.2) is 35.2 Å². The second kappa shape index (κ2) is 6.51. The number of hydrogen-bond donors (Lipinski definition) is 2. The van der Waals surface area contributed by atoms with Crippen LogP contribution >= 0.6 is 0 Å². The van der Waals surface area contributed by atoms with Gasteiger partial charge in [0.25, 0.3) is 5.91 Å². The molecule has 26 heavy (non-hydrogen) atoms. The number of hydrazine groups is 1. The lowest BCUT2D eigenvalue weighted by molar-refractivity contribution is -0.139. The fourth-order valence-corrected chi connectivity index (χ4v) is 3.75. The summed E-state index contributed by atoms with van der Waals surface area (Å²) in [4.78, 5) is 37.0. The smallest absolute Gasteiger partial charge is 0.344 e. The molecule has 138 valence electrons. The lowest BCUT2D eigenvalue weighted by atomic mass is 9.82. The number of nitrogens with zero attached hydrogens (tertiary/aromatic N) is 1. The molecule has 2 fully saturated rings. The predicted molar refractivity (Wildman–Crippen MR) is 90.2 cm³/mol. The van der Waals surface area contributed by atoms with E-state index in [4.69, 9.17) is 9.47 Å². The fourth-order valence-electron chi connectivity index (χ4n) is 3.75. The normalized spacial score (nSPS) is 20.4. The minimum absolute atomic E-state index is 0.156. The molecule has 1 spiro atoms. The van der Waals surface area contributed by atoms with E-state index in [-0.39, 0.29) is 25.0 Å². The Morgan fingerprint density at radius 2 is 1.92 bits per heavy atom. The highest BCUT2D eigenvalue weighted by atomic mass is 16.7. The fraction of sp³-hybridized carbons (Fsp3) is 0.500. The van der Waals surface area contributed by atoms with Gasteiger partial charge in [0.05, 0.1) is 0 Å². The summed E-state index contributed by atoms with van der Waals surface area (Å²) < 4.78 is 10.6. The predicted octanol–water partition coefficient (Wildman–Crippen LogP) is 1.63. The highest BCUT2D eigenvalue weighted by Gasteiger charge is 2.52. The van der Waals surface area contributed by atoms with Crippen molar-refractivity contribution in [3.63, 3.8) is 0 Å². The van der Waals surface area contributed by atoms with E-state index in [0.717, 1.165) is 29.8 Å². The molecule has 2 N–H and O–H groups in total. The van der Waals surface area contributed by atoms with E-state index in [9.17, 15) is 14.4 Å². The van der Waals surface area contributed by atoms with Crippen LogP contribution in [0.1, 0.15) is 44.1 Å². The van der Waals surface area contributed by atoms with Crippen molar-refractivity contribution >= 4 is 17.8 Å². The van der Waals surface area contributed by atoms with Gasteiger partial charge in [-0.05, 0) is 37.0 Å². The second-order valence-electron chi connectivity index (χ2n) is 6.94. The van der Waals surface area contributed by atoms with E-state index >= 15 is 0 Å². The maximum absolute atomic E-state index is 12.6. The molecule has 1 saturated carbocycles. The SMILES string of the molecule is O=C(CCc1ccc2c(c1)OCO2)NN1C(=O)NC2(CCCCC2)C1=O. The van der Waals surface area contributed by atoms with E-state index in [0.29, 0.717) is 30.8 Å². The van der Waals surface area contributed by atoms with Crippen molar-refractivity contribution < 1.29 is 23.9 Å². The largest absolute Gasteiger partial charge is 0.454 e. The minimum atomic E-state index is -0.833. The Kier molecular flexibility index (Phi) is 4.18. The number of ether oxygens (including phenoxy) is 2. The van der Waals surface area contributed by atoms with Crippen LogP contribution in [0.2, 0.25) is 0 Å². The Labute approximate surface area is 150 Å². The first-order chi connectivity index (χ1) is 12.6. The molecule has 8 nitrogen and oxygen atoms in total. The van der Waals surface area contributed by atoms with Gasteiger partial charge in [-0.15, -0.1) is 0 Å². The summed E-state index contributed by atoms with van der Waals surface area (Å²) in [6.07, 6.45) is 4.74. The van der Waals surface area contributed by atoms with Crippen molar-refractivity contribution in [1.29, 1.82) is 0 Å². The van der Waals surface area contributed by atoms with Gasteiger partial charge < -0.3 is 14.8 Å². The zero-order chi connectivity index (χ0) is 18.1. The number of carbonyl (C=O) groups excluding carboxylic acids is 3. The van der Waals surface area contributed by atoms with Crippen molar-refractivity contribution in [2.24, 2.45) is 0 Å². The molecule has 1 aromatic rings. The topological polar surface area (TPSA) is 97.0 Å². The van der Waals surface area contributed by atoms with Gasteiger partial charge in [-0.25, -0.2) is 4.79 Å². The standard InChI is InChI=1S/C18H21N3O5/c22-15(7-5-12-4-6-13-14(10-12)26-11-25-13)20-21-16(23)18(19-17(21)24)8-2-1-3-9-18/h4,6,10H,1-3,5,7-9,11H2,(H,19,24)(H,20,22). The van der Waals surface area contributed by atoms with Crippen molar-refractivity contribution in [2.45, 2.75) is 50.5 Å². The summed E-state index contributed by atoms with van der Waals surface area (Å²) in [6.45, 7) is 0.202. The maximum Gasteiger partial charge on any atom is 0.344 e. The number of amides is 4. The van der Waals surface area contributed by atoms with E-state index in [1.54, 1.807) is 6.07 Å². The summed E-state index contributed by atoms with van der Waals surface area (Å²) in [7, 11) is 0. The first kappa shape index (κ1) is 16.7. The molecule has 0 aromatic heterocycles. The summed E-state index contributed by atoms with van der Waals surface area (Å²) in [5.74, 6) is 0.629. The molecule has 1 aromatic carbocycles. The van der Waals surface area contributed by atoms with Crippen molar-refractivity contribution in [3.8, 4) is 11.5 Å². The van der Waals surface area contributed by atoms with E-state index in [2.05, 4.69) is 10.7 Å². The Hall–Kier alpha value is -2.77. The molecule has 0 radical (unpaired) electrons. The van der Waals surface area contributed by atoms with Crippen LogP contribution in [0.4, 0.5) is 4.79 Å². The quantitative estimate of drug-likeness (QED) is 0.797. The zero-order valence-corrected chi connectivity index (χ0v) is 14.4. The third kappa shape index (κ3) is 2.95. The lowest BCUT2D eigenvalue weighted by Crippen LogP contribution is -2.51. The molecule has 1 aliphatic carbocycles. The van der Waals surface area contributed by atoms with Crippen LogP contribution < -0.4 is 20.2 Å². The van der Waals surface area contributed by atoms with Crippen LogP contribution in [0.3, 0.4) is 0 Å². The molecule has 0 bridgehead atoms. The number of aryl methyl sites for hydroxylation is 1. The number of hydrogen-bond acceptors (Lipinski definition) is 5. The average Bonchev–Trinajstić information content (AvgIpc) is 3.19. The third-order valence-corrected chi connectivity index (χ3v) is 5.18. The summed E-state index contributed by atoms with van der Waals surface area (Å²) in [5, 5.41) is 3.61. The number of rotatable bonds is 4. The maximum atomic E-state index is 12.6. The van der Waals surface area contributed by atoms with Gasteiger partial charge in [0.15, 0.2) is 11.5 Å². The van der Waals surface area contributed by atoms with Gasteiger partial charge in [0, 0.05) is 6.42 Å². The molecule has 1 saturated heterocycles. The summed E-state index contributed by atoms with van der Waals surface area (Å²) >= 11 is 0. The van der Waals surface area contributed by atoms with E-state index < -0.39 is 11.6 Å². The molecule has 0 atom stereocenters. The average molecular weight is 359 g/mol. The molecule has 2 heterocycles. The van der Waals surface area contributed by atoms with Gasteiger partial charge in [0.1, 0.15) is 5.54 Å². The first-order valence-corrected chi connectivity index (χ1v) is 8.92. The van der Waals surface area contributed by atoms with Gasteiger partial charge in [-0.3, -0.25) is 15.0 Å². The summed E-state index contributed by atoms with van der Waals surface area (Å²) in [5.41, 5.74) is 2.54. The number of benzene rings is 1. The van der Waals surface area contributed by atoms with Crippen LogP contribution in [0.5, 0.6) is 11.5 Å². The number of imide groups is 1. The Morgan fingerprint density at radius 1 is 1.15 bits per heavy atom. The van der Waals surface area contributed by atoms with E-state index in [1.807, 2.05) is 12.1 Å². The van der Waals surface area contributed by atoms with Crippen LogP contribution in [0, 0.1) is 0 Å². The Morgan fingerprint density at radius 3 is 2.73 bits per heavy atom. The Balaban J connectivity index is 1.34. The molecule has 8 heteroatoms. The monoisotopic (exact) mass is 359 g/mol. The van der Waals surface area contributed by atoms with Crippen LogP contribution in [-0.2, 0) is 16.0 Å². The first-order valence-electron chi connectivity index (χ1n) is 8.92. The highest BCUT2D eigenvalue weighted by molar-refractivity contribution is 6.08. The lowest BCUT2D eigenvalue weighted by Gasteiger charge is -2.30. The number of nitrogens with one attached hydrogen (secondary N) is 2. The molecule has 2 aliphatic heterocycles. The third-order valence-electron chi connectivity index (χ3n) is 5.18. The molecule has 0 unspecified atom stereocenters. The van der Waals surface area contributed by atoms with Crippen molar-refractivity contribution in [1.82, 2.24) is 15.8 Å². The van der Waals surface area contributed by atoms with Gasteiger partial charge in [0.2, 0.25) is 12.7 Å². The van der Waals surface area contributed by atoms with Crippen LogP contribution in [0.15, 0.2) is 18.2 Å².